The van der Waals surface area contributed by atoms with E-state index in [9.17, 15) is 0 Å². The van der Waals surface area contributed by atoms with Crippen molar-refractivity contribution in [1.82, 2.24) is 0 Å². The van der Waals surface area contributed by atoms with Crippen LogP contribution in [0.25, 0.3) is 0 Å². The van der Waals surface area contributed by atoms with Gasteiger partial charge < -0.3 is 15.2 Å². The molecule has 0 aromatic heterocycles. The first-order valence-corrected chi connectivity index (χ1v) is 5.65. The molecule has 0 radical (unpaired) electrons. The largest absolute Gasteiger partial charge is 0.489 e. The fourth-order valence-corrected chi connectivity index (χ4v) is 1.78. The van der Waals surface area contributed by atoms with Gasteiger partial charge in [0.05, 0.1) is 18.3 Å². The summed E-state index contributed by atoms with van der Waals surface area (Å²) in [5.74, 6) is 0.886. The predicted molar refractivity (Wildman–Crippen MR) is 65.1 cm³/mol. The summed E-state index contributed by atoms with van der Waals surface area (Å²) < 4.78 is 5.64. The van der Waals surface area contributed by atoms with Crippen LogP contribution < -0.4 is 10.1 Å². The summed E-state index contributed by atoms with van der Waals surface area (Å²) in [6, 6.07) is 6.22. The Balaban J connectivity index is 2.28. The van der Waals surface area contributed by atoms with E-state index in [0.29, 0.717) is 6.61 Å². The van der Waals surface area contributed by atoms with Gasteiger partial charge in [-0.1, -0.05) is 26.8 Å². The van der Waals surface area contributed by atoms with Crippen LogP contribution in [-0.4, -0.2) is 24.4 Å². The van der Waals surface area contributed by atoms with Gasteiger partial charge in [0.25, 0.3) is 0 Å². The molecule has 16 heavy (non-hydrogen) atoms. The van der Waals surface area contributed by atoms with Crippen molar-refractivity contribution >= 4 is 5.69 Å². The second-order valence-electron chi connectivity index (χ2n) is 5.30. The Hall–Kier alpha value is -1.22. The fourth-order valence-electron chi connectivity index (χ4n) is 1.78. The summed E-state index contributed by atoms with van der Waals surface area (Å²) in [5.41, 5.74) is 2.36. The maximum Gasteiger partial charge on any atom is 0.142 e. The molecule has 0 saturated carbocycles. The van der Waals surface area contributed by atoms with Crippen LogP contribution in [0.2, 0.25) is 0 Å². The van der Waals surface area contributed by atoms with Crippen LogP contribution in [0.15, 0.2) is 18.2 Å². The smallest absolute Gasteiger partial charge is 0.142 e. The molecule has 0 spiro atoms. The van der Waals surface area contributed by atoms with Gasteiger partial charge in [-0.25, -0.2) is 0 Å². The van der Waals surface area contributed by atoms with Gasteiger partial charge in [0.15, 0.2) is 0 Å². The van der Waals surface area contributed by atoms with E-state index in [0.717, 1.165) is 11.4 Å². The summed E-state index contributed by atoms with van der Waals surface area (Å²) in [7, 11) is 0. The van der Waals surface area contributed by atoms with Crippen LogP contribution >= 0.6 is 0 Å². The van der Waals surface area contributed by atoms with E-state index in [4.69, 9.17) is 9.84 Å². The molecule has 2 N–H and O–H groups in total. The maximum atomic E-state index is 9.06. The van der Waals surface area contributed by atoms with Crippen molar-refractivity contribution in [3.8, 4) is 5.75 Å². The second-order valence-corrected chi connectivity index (χ2v) is 5.30. The third-order valence-corrected chi connectivity index (χ3v) is 2.87. The highest BCUT2D eigenvalue weighted by molar-refractivity contribution is 5.60. The van der Waals surface area contributed by atoms with Crippen molar-refractivity contribution in [3.05, 3.63) is 23.8 Å². The van der Waals surface area contributed by atoms with E-state index in [1.807, 2.05) is 6.07 Å². The Bertz CT molecular complexity index is 382. The molecule has 1 aromatic rings. The summed E-state index contributed by atoms with van der Waals surface area (Å²) >= 11 is 0. The minimum Gasteiger partial charge on any atom is -0.489 e. The molecule has 2 rings (SSSR count). The number of hydrogen-bond acceptors (Lipinski definition) is 3. The Labute approximate surface area is 96.4 Å². The summed E-state index contributed by atoms with van der Waals surface area (Å²) in [6.07, 6.45) is 0. The van der Waals surface area contributed by atoms with Gasteiger partial charge in [-0.05, 0) is 23.1 Å². The molecule has 1 aliphatic rings. The number of anilines is 1. The number of nitrogens with one attached hydrogen (secondary N) is 1. The topological polar surface area (TPSA) is 41.5 Å². The lowest BCUT2D eigenvalue weighted by atomic mass is 9.87. The highest BCUT2D eigenvalue weighted by Gasteiger charge is 2.21. The molecule has 1 heterocycles. The number of benzene rings is 1. The minimum atomic E-state index is 0.00740. The fraction of sp³-hybridized carbons (Fsp3) is 0.538. The molecule has 1 atom stereocenters. The lowest BCUT2D eigenvalue weighted by Crippen LogP contribution is -2.34. The molecule has 1 aliphatic heterocycles. The van der Waals surface area contributed by atoms with E-state index in [1.54, 1.807) is 0 Å². The number of aliphatic hydroxyl groups is 1. The first-order valence-electron chi connectivity index (χ1n) is 5.65. The van der Waals surface area contributed by atoms with Crippen molar-refractivity contribution in [2.24, 2.45) is 0 Å². The first-order chi connectivity index (χ1) is 7.50. The first kappa shape index (κ1) is 11.3. The molecule has 1 aromatic carbocycles. The van der Waals surface area contributed by atoms with Gasteiger partial charge >= 0.3 is 0 Å². The Morgan fingerprint density at radius 1 is 1.44 bits per heavy atom. The number of fused-ring (bicyclic) bond motifs is 1. The second kappa shape index (κ2) is 3.98. The molecule has 1 unspecified atom stereocenters. The van der Waals surface area contributed by atoms with Crippen LogP contribution in [0, 0.1) is 0 Å². The Morgan fingerprint density at radius 3 is 2.81 bits per heavy atom. The van der Waals surface area contributed by atoms with Gasteiger partial charge in [-0.15, -0.1) is 0 Å². The molecule has 0 fully saturated rings. The van der Waals surface area contributed by atoms with E-state index < -0.39 is 0 Å². The Morgan fingerprint density at radius 2 is 2.19 bits per heavy atom. The van der Waals surface area contributed by atoms with Gasteiger partial charge in [-0.2, -0.15) is 0 Å². The molecule has 0 aliphatic carbocycles. The average molecular weight is 221 g/mol. The third kappa shape index (κ3) is 2.14. The SMILES string of the molecule is CC(C)(C)c1ccc2c(c1)OCC(CO)N2. The monoisotopic (exact) mass is 221 g/mol. The average Bonchev–Trinajstić information content (AvgIpc) is 2.26. The maximum absolute atomic E-state index is 9.06. The Kier molecular flexibility index (Phi) is 2.80. The molecule has 0 saturated heterocycles. The zero-order chi connectivity index (χ0) is 11.8. The molecule has 3 heteroatoms. The van der Waals surface area contributed by atoms with Crippen molar-refractivity contribution in [1.29, 1.82) is 0 Å². The van der Waals surface area contributed by atoms with Crippen molar-refractivity contribution in [2.75, 3.05) is 18.5 Å². The number of aliphatic hydroxyl groups excluding tert-OH is 1. The van der Waals surface area contributed by atoms with Crippen LogP contribution in [0.4, 0.5) is 5.69 Å². The van der Waals surface area contributed by atoms with Crippen LogP contribution in [0.3, 0.4) is 0 Å². The summed E-state index contributed by atoms with van der Waals surface area (Å²) in [5, 5.41) is 12.3. The third-order valence-electron chi connectivity index (χ3n) is 2.87. The molecular formula is C13H19NO2. The van der Waals surface area contributed by atoms with Gasteiger partial charge in [0.1, 0.15) is 12.4 Å². The van der Waals surface area contributed by atoms with Crippen LogP contribution in [-0.2, 0) is 5.41 Å². The van der Waals surface area contributed by atoms with Gasteiger partial charge in [0.2, 0.25) is 0 Å². The molecule has 0 amide bonds. The number of rotatable bonds is 1. The van der Waals surface area contributed by atoms with Crippen LogP contribution in [0.5, 0.6) is 5.75 Å². The molecular weight excluding hydrogens is 202 g/mol. The summed E-state index contributed by atoms with van der Waals surface area (Å²) in [6.45, 7) is 7.17. The number of hydrogen-bond donors (Lipinski definition) is 2. The lowest BCUT2D eigenvalue weighted by molar-refractivity contribution is 0.207. The van der Waals surface area contributed by atoms with Crippen LogP contribution in [0.1, 0.15) is 26.3 Å². The van der Waals surface area contributed by atoms with Gasteiger partial charge in [0, 0.05) is 0 Å². The zero-order valence-electron chi connectivity index (χ0n) is 10.1. The normalized spacial score (nSPS) is 19.6. The van der Waals surface area contributed by atoms with Crippen molar-refractivity contribution in [2.45, 2.75) is 32.2 Å². The zero-order valence-corrected chi connectivity index (χ0v) is 10.1. The highest BCUT2D eigenvalue weighted by atomic mass is 16.5. The quantitative estimate of drug-likeness (QED) is 0.763. The van der Waals surface area contributed by atoms with Gasteiger partial charge in [-0.3, -0.25) is 0 Å². The molecule has 88 valence electrons. The van der Waals surface area contributed by atoms with Crippen molar-refractivity contribution in [3.63, 3.8) is 0 Å². The lowest BCUT2D eigenvalue weighted by Gasteiger charge is -2.28. The van der Waals surface area contributed by atoms with E-state index in [1.165, 1.54) is 5.56 Å². The standard InChI is InChI=1S/C13H19NO2/c1-13(2,3)9-4-5-11-12(6-9)16-8-10(7-15)14-11/h4-6,10,14-15H,7-8H2,1-3H3. The van der Waals surface area contributed by atoms with E-state index in [2.05, 4.69) is 38.2 Å². The summed E-state index contributed by atoms with van der Waals surface area (Å²) in [4.78, 5) is 0. The van der Waals surface area contributed by atoms with Crippen molar-refractivity contribution < 1.29 is 9.84 Å². The molecule has 0 bridgehead atoms. The number of ether oxygens (including phenoxy) is 1. The minimum absolute atomic E-state index is 0.00740. The highest BCUT2D eigenvalue weighted by Crippen LogP contribution is 2.33. The van der Waals surface area contributed by atoms with E-state index in [-0.39, 0.29) is 18.1 Å². The molecule has 3 nitrogen and oxygen atoms in total. The predicted octanol–water partition coefficient (Wildman–Crippen LogP) is 2.15. The van der Waals surface area contributed by atoms with E-state index >= 15 is 0 Å².